The third-order valence-corrected chi connectivity index (χ3v) is 3.22. The molecule has 0 N–H and O–H groups in total. The van der Waals surface area contributed by atoms with Gasteiger partial charge in [0, 0.05) is 23.6 Å². The van der Waals surface area contributed by atoms with Crippen molar-refractivity contribution < 1.29 is 0 Å². The fourth-order valence-electron chi connectivity index (χ4n) is 2.35. The molecule has 1 aliphatic heterocycles. The Balaban J connectivity index is 2.28. The summed E-state index contributed by atoms with van der Waals surface area (Å²) < 4.78 is 0. The fraction of sp³-hybridized carbons (Fsp3) is 0.200. The Bertz CT molecular complexity index is 707. The van der Waals surface area contributed by atoms with Gasteiger partial charge >= 0.3 is 0 Å². The van der Waals surface area contributed by atoms with Crippen LogP contribution in [0.2, 0.25) is 0 Å². The van der Waals surface area contributed by atoms with E-state index in [4.69, 9.17) is 5.26 Å². The summed E-state index contributed by atoms with van der Waals surface area (Å²) in [7, 11) is 1.97. The van der Waals surface area contributed by atoms with Gasteiger partial charge in [0.05, 0.1) is 18.1 Å². The van der Waals surface area contributed by atoms with Crippen molar-refractivity contribution in [1.82, 2.24) is 4.98 Å². The Morgan fingerprint density at radius 2 is 2.17 bits per heavy atom. The molecule has 0 saturated carbocycles. The van der Waals surface area contributed by atoms with Gasteiger partial charge in [-0.05, 0) is 31.2 Å². The maximum Gasteiger partial charge on any atom is 0.136 e. The Kier molecular flexibility index (Phi) is 2.31. The molecule has 0 atom stereocenters. The standard InChI is InChI=1S/C15H13N3/c1-10-3-4-14-12(5-10)7-13-6-11(8-16)9-18(2)15(13)17-14/h3-7H,9H2,1-2H3. The van der Waals surface area contributed by atoms with E-state index < -0.39 is 0 Å². The molecule has 2 aromatic rings. The molecule has 18 heavy (non-hydrogen) atoms. The van der Waals surface area contributed by atoms with Gasteiger partial charge in [-0.3, -0.25) is 0 Å². The number of nitriles is 1. The minimum absolute atomic E-state index is 0.633. The molecule has 0 aliphatic carbocycles. The van der Waals surface area contributed by atoms with Crippen LogP contribution in [0, 0.1) is 18.3 Å². The highest BCUT2D eigenvalue weighted by molar-refractivity contribution is 5.87. The number of likely N-dealkylation sites (N-methyl/N-ethyl adjacent to an activating group) is 1. The van der Waals surface area contributed by atoms with Gasteiger partial charge in [0.2, 0.25) is 0 Å². The zero-order valence-electron chi connectivity index (χ0n) is 10.4. The summed E-state index contributed by atoms with van der Waals surface area (Å²) in [4.78, 5) is 6.70. The van der Waals surface area contributed by atoms with E-state index in [0.29, 0.717) is 6.54 Å². The lowest BCUT2D eigenvalue weighted by molar-refractivity contribution is 0.964. The number of rotatable bonds is 0. The van der Waals surface area contributed by atoms with Crippen LogP contribution in [0.1, 0.15) is 11.1 Å². The van der Waals surface area contributed by atoms with Crippen molar-refractivity contribution in [2.24, 2.45) is 0 Å². The number of fused-ring (bicyclic) bond motifs is 2. The monoisotopic (exact) mass is 235 g/mol. The topological polar surface area (TPSA) is 39.9 Å². The van der Waals surface area contributed by atoms with E-state index in [-0.39, 0.29) is 0 Å². The van der Waals surface area contributed by atoms with E-state index in [1.54, 1.807) is 0 Å². The van der Waals surface area contributed by atoms with Crippen LogP contribution in [0.4, 0.5) is 5.82 Å². The van der Waals surface area contributed by atoms with Crippen molar-refractivity contribution in [3.63, 3.8) is 0 Å². The van der Waals surface area contributed by atoms with Crippen LogP contribution in [0.3, 0.4) is 0 Å². The van der Waals surface area contributed by atoms with Crippen molar-refractivity contribution in [1.29, 1.82) is 5.26 Å². The molecule has 1 aromatic heterocycles. The molecule has 1 aliphatic rings. The molecular weight excluding hydrogens is 222 g/mol. The maximum atomic E-state index is 9.03. The Hall–Kier alpha value is -2.34. The molecule has 0 fully saturated rings. The second kappa shape index (κ2) is 3.85. The number of pyridine rings is 1. The van der Waals surface area contributed by atoms with E-state index in [0.717, 1.165) is 27.9 Å². The van der Waals surface area contributed by atoms with E-state index in [1.807, 2.05) is 24.1 Å². The largest absolute Gasteiger partial charge is 0.354 e. The molecular formula is C15H13N3. The fourth-order valence-corrected chi connectivity index (χ4v) is 2.35. The molecule has 3 heteroatoms. The molecule has 0 radical (unpaired) electrons. The van der Waals surface area contributed by atoms with E-state index in [9.17, 15) is 0 Å². The van der Waals surface area contributed by atoms with Gasteiger partial charge in [-0.25, -0.2) is 4.98 Å². The lowest BCUT2D eigenvalue weighted by atomic mass is 10.0. The summed E-state index contributed by atoms with van der Waals surface area (Å²) in [6, 6.07) is 10.6. The number of nitrogens with zero attached hydrogens (tertiary/aromatic N) is 3. The lowest BCUT2D eigenvalue weighted by Gasteiger charge is -2.24. The summed E-state index contributed by atoms with van der Waals surface area (Å²) in [5.41, 5.74) is 4.02. The van der Waals surface area contributed by atoms with E-state index in [2.05, 4.69) is 36.2 Å². The van der Waals surface area contributed by atoms with Gasteiger partial charge in [0.15, 0.2) is 0 Å². The first-order valence-electron chi connectivity index (χ1n) is 5.90. The molecule has 2 heterocycles. The zero-order chi connectivity index (χ0) is 12.7. The van der Waals surface area contributed by atoms with Gasteiger partial charge in [-0.15, -0.1) is 0 Å². The van der Waals surface area contributed by atoms with E-state index >= 15 is 0 Å². The highest BCUT2D eigenvalue weighted by Crippen LogP contribution is 2.29. The van der Waals surface area contributed by atoms with Crippen LogP contribution < -0.4 is 4.90 Å². The van der Waals surface area contributed by atoms with Crippen LogP contribution in [0.25, 0.3) is 17.0 Å². The molecule has 0 bridgehead atoms. The smallest absolute Gasteiger partial charge is 0.136 e. The second-order valence-electron chi connectivity index (χ2n) is 4.73. The van der Waals surface area contributed by atoms with Crippen molar-refractivity contribution in [3.05, 3.63) is 41.0 Å². The van der Waals surface area contributed by atoms with Crippen LogP contribution in [-0.2, 0) is 0 Å². The minimum atomic E-state index is 0.633. The predicted molar refractivity (Wildman–Crippen MR) is 73.3 cm³/mol. The molecule has 0 spiro atoms. The lowest BCUT2D eigenvalue weighted by Crippen LogP contribution is -2.24. The third-order valence-electron chi connectivity index (χ3n) is 3.22. The number of anilines is 1. The zero-order valence-corrected chi connectivity index (χ0v) is 10.4. The van der Waals surface area contributed by atoms with Crippen molar-refractivity contribution in [3.8, 4) is 6.07 Å². The molecule has 88 valence electrons. The van der Waals surface area contributed by atoms with Crippen molar-refractivity contribution >= 4 is 22.8 Å². The first kappa shape index (κ1) is 10.8. The van der Waals surface area contributed by atoms with Crippen LogP contribution >= 0.6 is 0 Å². The summed E-state index contributed by atoms with van der Waals surface area (Å²) >= 11 is 0. The average molecular weight is 235 g/mol. The molecule has 0 unspecified atom stereocenters. The first-order chi connectivity index (χ1) is 8.67. The first-order valence-corrected chi connectivity index (χ1v) is 5.90. The molecule has 0 saturated heterocycles. The quantitative estimate of drug-likeness (QED) is 0.705. The van der Waals surface area contributed by atoms with Crippen LogP contribution in [0.5, 0.6) is 0 Å². The van der Waals surface area contributed by atoms with Gasteiger partial charge in [0.1, 0.15) is 5.82 Å². The van der Waals surface area contributed by atoms with Crippen molar-refractivity contribution in [2.45, 2.75) is 6.92 Å². The average Bonchev–Trinajstić information content (AvgIpc) is 2.36. The van der Waals surface area contributed by atoms with Gasteiger partial charge in [-0.2, -0.15) is 5.26 Å². The molecule has 3 nitrogen and oxygen atoms in total. The summed E-state index contributed by atoms with van der Waals surface area (Å²) in [6.45, 7) is 2.70. The summed E-state index contributed by atoms with van der Waals surface area (Å²) in [5.74, 6) is 0.949. The number of benzene rings is 1. The van der Waals surface area contributed by atoms with Crippen LogP contribution in [-0.4, -0.2) is 18.6 Å². The van der Waals surface area contributed by atoms with Gasteiger partial charge < -0.3 is 4.90 Å². The molecule has 0 amide bonds. The maximum absolute atomic E-state index is 9.03. The Morgan fingerprint density at radius 3 is 2.94 bits per heavy atom. The summed E-state index contributed by atoms with van der Waals surface area (Å²) in [6.07, 6.45) is 1.93. The molecule has 3 rings (SSSR count). The van der Waals surface area contributed by atoms with Crippen LogP contribution in [0.15, 0.2) is 29.8 Å². The normalized spacial score (nSPS) is 14.1. The Morgan fingerprint density at radius 1 is 1.33 bits per heavy atom. The van der Waals surface area contributed by atoms with Crippen molar-refractivity contribution in [2.75, 3.05) is 18.5 Å². The van der Waals surface area contributed by atoms with Gasteiger partial charge in [-0.1, -0.05) is 11.6 Å². The minimum Gasteiger partial charge on any atom is -0.354 e. The third kappa shape index (κ3) is 1.63. The Labute approximate surface area is 106 Å². The highest BCUT2D eigenvalue weighted by Gasteiger charge is 2.16. The number of hydrogen-bond donors (Lipinski definition) is 0. The SMILES string of the molecule is Cc1ccc2nc3c(cc2c1)C=C(C#N)CN3C. The second-order valence-corrected chi connectivity index (χ2v) is 4.73. The predicted octanol–water partition coefficient (Wildman–Crippen LogP) is 2.90. The number of hydrogen-bond acceptors (Lipinski definition) is 3. The van der Waals surface area contributed by atoms with Gasteiger partial charge in [0.25, 0.3) is 0 Å². The number of aromatic nitrogens is 1. The molecule has 1 aromatic carbocycles. The van der Waals surface area contributed by atoms with E-state index in [1.165, 1.54) is 5.56 Å². The highest BCUT2D eigenvalue weighted by atomic mass is 15.2. The summed E-state index contributed by atoms with van der Waals surface area (Å²) in [5, 5.41) is 10.1. The number of aryl methyl sites for hydroxylation is 1.